The zero-order valence-electron chi connectivity index (χ0n) is 12.8. The molecule has 2 aromatic rings. The number of fused-ring (bicyclic) bond motifs is 1. The molecular formula is C17H15FN2O3. The number of allylic oxidation sites excluding steroid dienone is 2. The average molecular weight is 314 g/mol. The number of aromatic carboxylic acids is 1. The summed E-state index contributed by atoms with van der Waals surface area (Å²) in [5.41, 5.74) is 0.459. The van der Waals surface area contributed by atoms with Gasteiger partial charge in [0.1, 0.15) is 11.4 Å². The van der Waals surface area contributed by atoms with E-state index in [4.69, 9.17) is 10.4 Å². The second kappa shape index (κ2) is 6.44. The zero-order chi connectivity index (χ0) is 17.1. The summed E-state index contributed by atoms with van der Waals surface area (Å²) >= 11 is 0. The molecule has 1 N–H and O–H groups in total. The molecule has 0 aliphatic heterocycles. The van der Waals surface area contributed by atoms with Gasteiger partial charge in [-0.1, -0.05) is 11.6 Å². The van der Waals surface area contributed by atoms with Crippen molar-refractivity contribution >= 4 is 16.9 Å². The van der Waals surface area contributed by atoms with Crippen molar-refractivity contribution in [1.82, 2.24) is 4.57 Å². The molecule has 23 heavy (non-hydrogen) atoms. The third-order valence-electron chi connectivity index (χ3n) is 3.44. The van der Waals surface area contributed by atoms with Crippen LogP contribution in [0.4, 0.5) is 4.39 Å². The Morgan fingerprint density at radius 1 is 1.43 bits per heavy atom. The average Bonchev–Trinajstić information content (AvgIpc) is 2.48. The van der Waals surface area contributed by atoms with Gasteiger partial charge in [0.15, 0.2) is 0 Å². The maximum Gasteiger partial charge on any atom is 0.341 e. The monoisotopic (exact) mass is 314 g/mol. The molecule has 0 spiro atoms. The smallest absolute Gasteiger partial charge is 0.341 e. The van der Waals surface area contributed by atoms with Gasteiger partial charge in [0.2, 0.25) is 5.43 Å². The summed E-state index contributed by atoms with van der Waals surface area (Å²) in [6.45, 7) is 4.13. The van der Waals surface area contributed by atoms with Crippen LogP contribution in [0.1, 0.15) is 29.8 Å². The second-order valence-corrected chi connectivity index (χ2v) is 5.41. The van der Waals surface area contributed by atoms with Gasteiger partial charge in [0.25, 0.3) is 0 Å². The number of hydrogen-bond donors (Lipinski definition) is 1. The molecule has 1 aromatic heterocycles. The molecule has 0 saturated carbocycles. The molecule has 0 radical (unpaired) electrons. The summed E-state index contributed by atoms with van der Waals surface area (Å²) in [4.78, 5) is 23.5. The first-order valence-electron chi connectivity index (χ1n) is 6.94. The van der Waals surface area contributed by atoms with Gasteiger partial charge in [-0.2, -0.15) is 5.26 Å². The van der Waals surface area contributed by atoms with Crippen molar-refractivity contribution in [3.05, 3.63) is 57.1 Å². The Morgan fingerprint density at radius 3 is 2.70 bits per heavy atom. The minimum atomic E-state index is -1.36. The van der Waals surface area contributed by atoms with Gasteiger partial charge in [0, 0.05) is 23.7 Å². The van der Waals surface area contributed by atoms with E-state index in [-0.39, 0.29) is 17.4 Å². The summed E-state index contributed by atoms with van der Waals surface area (Å²) in [5.74, 6) is -2.04. The molecule has 0 unspecified atom stereocenters. The number of nitriles is 1. The summed E-state index contributed by atoms with van der Waals surface area (Å²) in [6.07, 6.45) is 2.99. The predicted molar refractivity (Wildman–Crippen MR) is 83.9 cm³/mol. The number of carbonyl (C=O) groups is 1. The van der Waals surface area contributed by atoms with Crippen molar-refractivity contribution in [3.8, 4) is 6.07 Å². The topological polar surface area (TPSA) is 83.1 Å². The fourth-order valence-electron chi connectivity index (χ4n) is 2.26. The van der Waals surface area contributed by atoms with Crippen LogP contribution in [-0.4, -0.2) is 15.6 Å². The van der Waals surface area contributed by atoms with Crippen LogP contribution in [0.2, 0.25) is 0 Å². The molecule has 0 amide bonds. The number of hydrogen-bond acceptors (Lipinski definition) is 3. The Balaban J connectivity index is 2.84. The number of benzene rings is 1. The quantitative estimate of drug-likeness (QED) is 0.880. The first-order chi connectivity index (χ1) is 10.8. The fourth-order valence-corrected chi connectivity index (χ4v) is 2.26. The number of rotatable bonds is 4. The summed E-state index contributed by atoms with van der Waals surface area (Å²) < 4.78 is 15.6. The number of aromatic nitrogens is 1. The van der Waals surface area contributed by atoms with Crippen LogP contribution < -0.4 is 5.43 Å². The van der Waals surface area contributed by atoms with Crippen molar-refractivity contribution in [2.24, 2.45) is 0 Å². The summed E-state index contributed by atoms with van der Waals surface area (Å²) in [6, 6.07) is 4.31. The van der Waals surface area contributed by atoms with E-state index in [1.54, 1.807) is 4.57 Å². The van der Waals surface area contributed by atoms with Crippen molar-refractivity contribution in [2.75, 3.05) is 0 Å². The largest absolute Gasteiger partial charge is 0.477 e. The van der Waals surface area contributed by atoms with E-state index in [9.17, 15) is 14.0 Å². The lowest BCUT2D eigenvalue weighted by molar-refractivity contribution is 0.0695. The first kappa shape index (κ1) is 16.4. The number of nitrogens with zero attached hydrogens (tertiary/aromatic N) is 2. The summed E-state index contributed by atoms with van der Waals surface area (Å²) in [7, 11) is 0. The van der Waals surface area contributed by atoms with Crippen molar-refractivity contribution in [3.63, 3.8) is 0 Å². The molecule has 1 heterocycles. The Hall–Kier alpha value is -2.94. The molecule has 6 heteroatoms. The lowest BCUT2D eigenvalue weighted by Crippen LogP contribution is -2.19. The van der Waals surface area contributed by atoms with Gasteiger partial charge < -0.3 is 9.67 Å². The molecule has 1 aromatic carbocycles. The first-order valence-corrected chi connectivity index (χ1v) is 6.94. The minimum absolute atomic E-state index is 0.00811. The Kier molecular flexibility index (Phi) is 4.60. The van der Waals surface area contributed by atoms with Crippen LogP contribution >= 0.6 is 0 Å². The normalized spacial score (nSPS) is 10.3. The van der Waals surface area contributed by atoms with E-state index in [2.05, 4.69) is 0 Å². The number of carboxylic acid groups (broad SMARTS) is 1. The van der Waals surface area contributed by atoms with Gasteiger partial charge in [0.05, 0.1) is 18.0 Å². The van der Waals surface area contributed by atoms with Gasteiger partial charge in [-0.05, 0) is 26.0 Å². The second-order valence-electron chi connectivity index (χ2n) is 5.41. The fraction of sp³-hybridized carbons (Fsp3) is 0.235. The lowest BCUT2D eigenvalue weighted by atomic mass is 10.1. The van der Waals surface area contributed by atoms with Gasteiger partial charge in [-0.15, -0.1) is 0 Å². The standard InChI is InChI=1S/C17H15FN2O3/c1-10(2)4-6-20-9-13(17(22)23)16(21)12-8-14(18)11(3-5-19)7-15(12)20/h4,7-9H,3,6H2,1-2H3,(H,22,23). The minimum Gasteiger partial charge on any atom is -0.477 e. The Labute approximate surface area is 131 Å². The molecule has 0 aliphatic rings. The van der Waals surface area contributed by atoms with E-state index in [1.807, 2.05) is 26.0 Å². The molecule has 0 aliphatic carbocycles. The molecule has 0 atom stereocenters. The van der Waals surface area contributed by atoms with Crippen LogP contribution in [0.5, 0.6) is 0 Å². The van der Waals surface area contributed by atoms with Crippen molar-refractivity contribution in [2.45, 2.75) is 26.8 Å². The van der Waals surface area contributed by atoms with Crippen molar-refractivity contribution in [1.29, 1.82) is 5.26 Å². The maximum absolute atomic E-state index is 14.0. The van der Waals surface area contributed by atoms with E-state index in [0.29, 0.717) is 12.1 Å². The number of pyridine rings is 1. The highest BCUT2D eigenvalue weighted by molar-refractivity contribution is 5.92. The van der Waals surface area contributed by atoms with E-state index >= 15 is 0 Å². The van der Waals surface area contributed by atoms with E-state index in [0.717, 1.165) is 11.6 Å². The Bertz CT molecular complexity index is 916. The van der Waals surface area contributed by atoms with Crippen LogP contribution in [0, 0.1) is 17.1 Å². The molecule has 0 saturated heterocycles. The molecular weight excluding hydrogens is 299 g/mol. The maximum atomic E-state index is 14.0. The molecule has 0 fully saturated rings. The molecule has 0 bridgehead atoms. The van der Waals surface area contributed by atoms with E-state index in [1.165, 1.54) is 12.3 Å². The van der Waals surface area contributed by atoms with E-state index < -0.39 is 22.8 Å². The Morgan fingerprint density at radius 2 is 2.13 bits per heavy atom. The molecule has 118 valence electrons. The van der Waals surface area contributed by atoms with Crippen molar-refractivity contribution < 1.29 is 14.3 Å². The number of halogens is 1. The zero-order valence-corrected chi connectivity index (χ0v) is 12.8. The highest BCUT2D eigenvalue weighted by Crippen LogP contribution is 2.19. The van der Waals surface area contributed by atoms with Gasteiger partial charge in [-0.3, -0.25) is 4.79 Å². The van der Waals surface area contributed by atoms with Crippen LogP contribution in [0.25, 0.3) is 10.9 Å². The third-order valence-corrected chi connectivity index (χ3v) is 3.44. The molecule has 2 rings (SSSR count). The van der Waals surface area contributed by atoms with Crippen LogP contribution in [0.15, 0.2) is 34.8 Å². The van der Waals surface area contributed by atoms with Gasteiger partial charge >= 0.3 is 5.97 Å². The highest BCUT2D eigenvalue weighted by Gasteiger charge is 2.16. The number of carboxylic acids is 1. The predicted octanol–water partition coefficient (Wildman–Crippen LogP) is 2.87. The molecule has 5 nitrogen and oxygen atoms in total. The highest BCUT2D eigenvalue weighted by atomic mass is 19.1. The van der Waals surface area contributed by atoms with Crippen LogP contribution in [0.3, 0.4) is 0 Å². The lowest BCUT2D eigenvalue weighted by Gasteiger charge is -2.12. The summed E-state index contributed by atoms with van der Waals surface area (Å²) in [5, 5.41) is 17.9. The van der Waals surface area contributed by atoms with Crippen LogP contribution in [-0.2, 0) is 13.0 Å². The SMILES string of the molecule is CC(C)=CCn1cc(C(=O)O)c(=O)c2cc(F)c(CC#N)cc21. The van der Waals surface area contributed by atoms with Gasteiger partial charge in [-0.25, -0.2) is 9.18 Å². The third kappa shape index (κ3) is 3.29.